The van der Waals surface area contributed by atoms with Crippen molar-refractivity contribution in [2.45, 2.75) is 19.4 Å². The Hall–Kier alpha value is -0.960. The number of nitrogens with one attached hydrogen (secondary N) is 1. The fraction of sp³-hybridized carbons (Fsp3) is 0.571. The summed E-state index contributed by atoms with van der Waals surface area (Å²) in [6, 6.07) is 0. The fourth-order valence-corrected chi connectivity index (χ4v) is 1.08. The summed E-state index contributed by atoms with van der Waals surface area (Å²) < 4.78 is 34.4. The Balaban J connectivity index is 0. The molecular formula is C7H16N2O5S. The highest BCUT2D eigenvalue weighted by molar-refractivity contribution is 7.80. The molecule has 5 N–H and O–H groups in total. The van der Waals surface area contributed by atoms with E-state index in [1.165, 1.54) is 13.8 Å². The molecule has 0 aromatic heterocycles. The molecule has 0 heterocycles. The van der Waals surface area contributed by atoms with Gasteiger partial charge in [-0.25, -0.2) is 8.42 Å². The summed E-state index contributed by atoms with van der Waals surface area (Å²) in [4.78, 5) is 10.8. The molecule has 0 aromatic carbocycles. The van der Waals surface area contributed by atoms with E-state index in [1.54, 1.807) is 0 Å². The molecule has 0 fully saturated rings. The molecule has 0 aliphatic rings. The van der Waals surface area contributed by atoms with E-state index in [-0.39, 0.29) is 6.15 Å². The van der Waals surface area contributed by atoms with E-state index in [0.717, 1.165) is 6.08 Å². The van der Waals surface area contributed by atoms with E-state index in [9.17, 15) is 17.8 Å². The lowest BCUT2D eigenvalue weighted by Gasteiger charge is -2.25. The van der Waals surface area contributed by atoms with Crippen molar-refractivity contribution in [3.63, 3.8) is 0 Å². The fourth-order valence-electron chi connectivity index (χ4n) is 0.640. The van der Waals surface area contributed by atoms with Crippen LogP contribution in [0.4, 0.5) is 0 Å². The van der Waals surface area contributed by atoms with Gasteiger partial charge in [0, 0.05) is 0 Å². The number of hydrogen-bond donors (Lipinski definition) is 2. The monoisotopic (exact) mass is 240 g/mol. The van der Waals surface area contributed by atoms with Crippen LogP contribution in [0.5, 0.6) is 0 Å². The molecule has 1 amide bonds. The Morgan fingerprint density at radius 3 is 2.40 bits per heavy atom. The Morgan fingerprint density at radius 1 is 1.60 bits per heavy atom. The van der Waals surface area contributed by atoms with E-state index >= 15 is 0 Å². The van der Waals surface area contributed by atoms with Crippen LogP contribution in [0.1, 0.15) is 13.8 Å². The molecule has 0 aromatic rings. The second kappa shape index (κ2) is 5.81. The normalized spacial score (nSPS) is 11.4. The molecule has 0 saturated carbocycles. The molecule has 90 valence electrons. The molecule has 0 spiro atoms. The minimum atomic E-state index is -4.73. The third-order valence-corrected chi connectivity index (χ3v) is 1.62. The maximum Gasteiger partial charge on any atom is 0.243 e. The van der Waals surface area contributed by atoms with Gasteiger partial charge >= 0.3 is 0 Å². The second-order valence-electron chi connectivity index (χ2n) is 3.25. The van der Waals surface area contributed by atoms with Crippen molar-refractivity contribution in [1.82, 2.24) is 11.5 Å². The van der Waals surface area contributed by atoms with Crippen LogP contribution in [0.25, 0.3) is 0 Å². The average Bonchev–Trinajstić information content (AvgIpc) is 1.99. The summed E-state index contributed by atoms with van der Waals surface area (Å²) in [6.07, 6.45) is 1.04. The van der Waals surface area contributed by atoms with Gasteiger partial charge in [0.1, 0.15) is 0 Å². The third kappa shape index (κ3) is 9.35. The third-order valence-electron chi connectivity index (χ3n) is 1.21. The highest BCUT2D eigenvalue weighted by atomic mass is 32.3. The van der Waals surface area contributed by atoms with Crippen molar-refractivity contribution in [1.29, 1.82) is 0 Å². The first-order chi connectivity index (χ1) is 6.16. The predicted molar refractivity (Wildman–Crippen MR) is 54.1 cm³/mol. The van der Waals surface area contributed by atoms with Gasteiger partial charge in [-0.15, -0.1) is 0 Å². The van der Waals surface area contributed by atoms with Crippen molar-refractivity contribution >= 4 is 16.3 Å². The SMILES string of the molecule is C=CC(=O)NC(C)(C)COS(=O)(=O)[O-].[NH4+]. The van der Waals surface area contributed by atoms with Gasteiger partial charge in [0.2, 0.25) is 16.3 Å². The molecule has 0 aliphatic heterocycles. The highest BCUT2D eigenvalue weighted by Gasteiger charge is 2.20. The van der Waals surface area contributed by atoms with Gasteiger partial charge in [0.15, 0.2) is 0 Å². The lowest BCUT2D eigenvalue weighted by atomic mass is 10.1. The first-order valence-corrected chi connectivity index (χ1v) is 5.04. The highest BCUT2D eigenvalue weighted by Crippen LogP contribution is 2.04. The van der Waals surface area contributed by atoms with Gasteiger partial charge < -0.3 is 16.0 Å². The Morgan fingerprint density at radius 2 is 2.07 bits per heavy atom. The van der Waals surface area contributed by atoms with Crippen LogP contribution in [-0.2, 0) is 19.4 Å². The van der Waals surface area contributed by atoms with Crippen LogP contribution in [0.3, 0.4) is 0 Å². The summed E-state index contributed by atoms with van der Waals surface area (Å²) >= 11 is 0. The number of hydrogen-bond acceptors (Lipinski definition) is 5. The van der Waals surface area contributed by atoms with Crippen LogP contribution in [0, 0.1) is 0 Å². The predicted octanol–water partition coefficient (Wildman–Crippen LogP) is -0.0798. The zero-order valence-electron chi connectivity index (χ0n) is 8.94. The van der Waals surface area contributed by atoms with Crippen molar-refractivity contribution in [3.8, 4) is 0 Å². The minimum Gasteiger partial charge on any atom is -0.726 e. The van der Waals surface area contributed by atoms with Crippen LogP contribution in [-0.4, -0.2) is 31.0 Å². The zero-order valence-corrected chi connectivity index (χ0v) is 9.76. The van der Waals surface area contributed by atoms with Gasteiger partial charge in [-0.3, -0.25) is 8.98 Å². The molecule has 7 nitrogen and oxygen atoms in total. The van der Waals surface area contributed by atoms with E-state index in [1.807, 2.05) is 0 Å². The Kier molecular flexibility index (Phi) is 6.38. The van der Waals surface area contributed by atoms with E-state index in [2.05, 4.69) is 16.1 Å². The number of carbonyl (C=O) groups excluding carboxylic acids is 1. The lowest BCUT2D eigenvalue weighted by molar-refractivity contribution is -0.118. The minimum absolute atomic E-state index is 0. The molecular weight excluding hydrogens is 224 g/mol. The maximum atomic E-state index is 10.8. The van der Waals surface area contributed by atoms with Gasteiger partial charge in [-0.2, -0.15) is 0 Å². The van der Waals surface area contributed by atoms with Crippen LogP contribution >= 0.6 is 0 Å². The number of quaternary nitrogens is 1. The van der Waals surface area contributed by atoms with Crippen LogP contribution in [0.15, 0.2) is 12.7 Å². The number of amides is 1. The van der Waals surface area contributed by atoms with Crippen LogP contribution in [0.2, 0.25) is 0 Å². The first kappa shape index (κ1) is 16.5. The average molecular weight is 240 g/mol. The van der Waals surface area contributed by atoms with Crippen LogP contribution < -0.4 is 11.5 Å². The summed E-state index contributed by atoms with van der Waals surface area (Å²) in [6.45, 7) is 5.83. The molecule has 0 rings (SSSR count). The van der Waals surface area contributed by atoms with Gasteiger partial charge in [0.25, 0.3) is 0 Å². The number of carbonyl (C=O) groups is 1. The van der Waals surface area contributed by atoms with E-state index in [0.29, 0.717) is 0 Å². The maximum absolute atomic E-state index is 10.8. The standard InChI is InChI=1S/C7H13NO5S.H3N/c1-4-6(9)8-7(2,3)5-13-14(10,11)12;/h4H,1,5H2,2-3H3,(H,8,9)(H,10,11,12);1H3. The summed E-state index contributed by atoms with van der Waals surface area (Å²) in [5, 5.41) is 2.39. The molecule has 0 atom stereocenters. The molecule has 0 saturated heterocycles. The van der Waals surface area contributed by atoms with Gasteiger partial charge in [0.05, 0.1) is 12.1 Å². The quantitative estimate of drug-likeness (QED) is 0.394. The van der Waals surface area contributed by atoms with Crippen molar-refractivity contribution < 1.29 is 21.9 Å². The lowest BCUT2D eigenvalue weighted by Crippen LogP contribution is -2.46. The molecule has 0 unspecified atom stereocenters. The Bertz CT molecular complexity index is 322. The second-order valence-corrected chi connectivity index (χ2v) is 4.30. The smallest absolute Gasteiger partial charge is 0.243 e. The summed E-state index contributed by atoms with van der Waals surface area (Å²) in [5.74, 6) is -0.470. The molecule has 0 radical (unpaired) electrons. The largest absolute Gasteiger partial charge is 0.726 e. The molecule has 8 heteroatoms. The van der Waals surface area contributed by atoms with Crippen molar-refractivity contribution in [3.05, 3.63) is 12.7 Å². The molecule has 0 aliphatic carbocycles. The molecule has 15 heavy (non-hydrogen) atoms. The zero-order chi connectivity index (χ0) is 11.4. The van der Waals surface area contributed by atoms with Gasteiger partial charge in [-0.1, -0.05) is 6.58 Å². The van der Waals surface area contributed by atoms with Gasteiger partial charge in [-0.05, 0) is 19.9 Å². The summed E-state index contributed by atoms with van der Waals surface area (Å²) in [7, 11) is -4.73. The van der Waals surface area contributed by atoms with E-state index in [4.69, 9.17) is 0 Å². The first-order valence-electron chi connectivity index (χ1n) is 3.71. The molecule has 0 bridgehead atoms. The van der Waals surface area contributed by atoms with Crippen molar-refractivity contribution in [2.24, 2.45) is 0 Å². The van der Waals surface area contributed by atoms with E-state index < -0.39 is 28.5 Å². The van der Waals surface area contributed by atoms with Crippen molar-refractivity contribution in [2.75, 3.05) is 6.61 Å². The number of rotatable bonds is 5. The Labute approximate surface area is 89.0 Å². The summed E-state index contributed by atoms with van der Waals surface area (Å²) in [5.41, 5.74) is -0.942. The topological polar surface area (TPSA) is 132 Å².